The summed E-state index contributed by atoms with van der Waals surface area (Å²) in [5, 5.41) is 0. The van der Waals surface area contributed by atoms with Gasteiger partial charge in [-0.15, -0.1) is 0 Å². The van der Waals surface area contributed by atoms with Crippen molar-refractivity contribution in [3.8, 4) is 0 Å². The van der Waals surface area contributed by atoms with Crippen LogP contribution in [0.5, 0.6) is 0 Å². The number of likely N-dealkylation sites (N-methyl/N-ethyl adjacent to an activating group) is 1. The lowest BCUT2D eigenvalue weighted by Crippen LogP contribution is -2.39. The number of carbonyl (C=O) groups is 1. The van der Waals surface area contributed by atoms with Crippen molar-refractivity contribution in [3.05, 3.63) is 0 Å². The highest BCUT2D eigenvalue weighted by Gasteiger charge is 2.42. The Kier molecular flexibility index (Phi) is 2.28. The second-order valence-corrected chi connectivity index (χ2v) is 4.20. The molecule has 0 N–H and O–H groups in total. The van der Waals surface area contributed by atoms with E-state index in [9.17, 15) is 4.79 Å². The number of carbonyl (C=O) groups excluding carboxylic acids is 1. The normalized spacial score (nSPS) is 39.1. The highest BCUT2D eigenvalue weighted by Crippen LogP contribution is 2.35. The standard InChI is InChI=1S/C10H17NO2/c1-7(12)13-10-6-8-4-3-5-9(10)11(8)2/h8-10H,3-6H2,1-2H3/t8-,9+,10-/m0/s1. The zero-order valence-corrected chi connectivity index (χ0v) is 8.32. The van der Waals surface area contributed by atoms with Gasteiger partial charge in [0.2, 0.25) is 0 Å². The number of hydrogen-bond acceptors (Lipinski definition) is 3. The maximum atomic E-state index is 10.9. The molecule has 0 aromatic heterocycles. The molecule has 13 heavy (non-hydrogen) atoms. The molecular weight excluding hydrogens is 166 g/mol. The number of esters is 1. The Labute approximate surface area is 79.0 Å². The zero-order chi connectivity index (χ0) is 9.42. The van der Waals surface area contributed by atoms with Crippen LogP contribution >= 0.6 is 0 Å². The molecule has 2 rings (SSSR count). The second-order valence-electron chi connectivity index (χ2n) is 4.20. The number of piperidine rings is 1. The van der Waals surface area contributed by atoms with Crippen LogP contribution in [0.3, 0.4) is 0 Å². The lowest BCUT2D eigenvalue weighted by molar-refractivity contribution is -0.147. The lowest BCUT2D eigenvalue weighted by Gasteiger charge is -2.31. The van der Waals surface area contributed by atoms with E-state index in [2.05, 4.69) is 11.9 Å². The fraction of sp³-hybridized carbons (Fsp3) is 0.900. The topological polar surface area (TPSA) is 29.5 Å². The van der Waals surface area contributed by atoms with Crippen LogP contribution in [0.4, 0.5) is 0 Å². The van der Waals surface area contributed by atoms with Crippen LogP contribution in [0.15, 0.2) is 0 Å². The molecule has 2 aliphatic heterocycles. The van der Waals surface area contributed by atoms with Crippen LogP contribution in [0, 0.1) is 0 Å². The molecule has 0 spiro atoms. The molecular formula is C10H17NO2. The molecule has 3 heteroatoms. The zero-order valence-electron chi connectivity index (χ0n) is 8.32. The molecule has 0 aliphatic carbocycles. The molecule has 2 heterocycles. The lowest BCUT2D eigenvalue weighted by atomic mass is 10.0. The van der Waals surface area contributed by atoms with E-state index in [0.717, 1.165) is 6.42 Å². The maximum absolute atomic E-state index is 10.9. The van der Waals surface area contributed by atoms with Crippen molar-refractivity contribution in [1.29, 1.82) is 0 Å². The molecule has 0 aromatic carbocycles. The summed E-state index contributed by atoms with van der Waals surface area (Å²) in [6.07, 6.45) is 4.95. The minimum atomic E-state index is -0.133. The van der Waals surface area contributed by atoms with E-state index in [-0.39, 0.29) is 12.1 Å². The molecule has 3 nitrogen and oxygen atoms in total. The first-order valence-electron chi connectivity index (χ1n) is 5.07. The molecule has 2 fully saturated rings. The van der Waals surface area contributed by atoms with E-state index in [0.29, 0.717) is 12.1 Å². The summed E-state index contributed by atoms with van der Waals surface area (Å²) < 4.78 is 5.31. The number of rotatable bonds is 1. The van der Waals surface area contributed by atoms with Gasteiger partial charge in [0.25, 0.3) is 0 Å². The molecule has 0 unspecified atom stereocenters. The van der Waals surface area contributed by atoms with Gasteiger partial charge in [-0.1, -0.05) is 6.42 Å². The average molecular weight is 183 g/mol. The molecule has 2 saturated heterocycles. The molecule has 0 saturated carbocycles. The molecule has 2 bridgehead atoms. The van der Waals surface area contributed by atoms with Crippen molar-refractivity contribution in [2.24, 2.45) is 0 Å². The number of fused-ring (bicyclic) bond motifs is 2. The minimum Gasteiger partial charge on any atom is -0.461 e. The highest BCUT2D eigenvalue weighted by molar-refractivity contribution is 5.66. The Morgan fingerprint density at radius 1 is 1.46 bits per heavy atom. The van der Waals surface area contributed by atoms with Crippen LogP contribution in [0.1, 0.15) is 32.6 Å². The van der Waals surface area contributed by atoms with Crippen LogP contribution in [-0.4, -0.2) is 36.1 Å². The predicted molar refractivity (Wildman–Crippen MR) is 49.4 cm³/mol. The van der Waals surface area contributed by atoms with E-state index in [1.54, 1.807) is 0 Å². The maximum Gasteiger partial charge on any atom is 0.302 e. The van der Waals surface area contributed by atoms with Gasteiger partial charge in [-0.3, -0.25) is 9.69 Å². The molecule has 0 aromatic rings. The summed E-state index contributed by atoms with van der Waals surface area (Å²) in [6.45, 7) is 1.50. The average Bonchev–Trinajstić information content (AvgIpc) is 2.28. The summed E-state index contributed by atoms with van der Waals surface area (Å²) >= 11 is 0. The number of nitrogens with zero attached hydrogens (tertiary/aromatic N) is 1. The van der Waals surface area contributed by atoms with Crippen LogP contribution in [0.2, 0.25) is 0 Å². The number of ether oxygens (including phenoxy) is 1. The summed E-state index contributed by atoms with van der Waals surface area (Å²) in [6, 6.07) is 1.14. The van der Waals surface area contributed by atoms with Gasteiger partial charge in [-0.25, -0.2) is 0 Å². The van der Waals surface area contributed by atoms with Crippen molar-refractivity contribution in [2.45, 2.75) is 50.8 Å². The van der Waals surface area contributed by atoms with Crippen molar-refractivity contribution < 1.29 is 9.53 Å². The van der Waals surface area contributed by atoms with Crippen molar-refractivity contribution in [1.82, 2.24) is 4.90 Å². The highest BCUT2D eigenvalue weighted by atomic mass is 16.5. The van der Waals surface area contributed by atoms with Crippen LogP contribution < -0.4 is 0 Å². The van der Waals surface area contributed by atoms with Gasteiger partial charge in [-0.2, -0.15) is 0 Å². The Morgan fingerprint density at radius 2 is 2.23 bits per heavy atom. The van der Waals surface area contributed by atoms with Gasteiger partial charge in [0.05, 0.1) is 0 Å². The van der Waals surface area contributed by atoms with Gasteiger partial charge in [-0.05, 0) is 19.9 Å². The third-order valence-corrected chi connectivity index (χ3v) is 3.39. The van der Waals surface area contributed by atoms with E-state index in [1.807, 2.05) is 0 Å². The predicted octanol–water partition coefficient (Wildman–Crippen LogP) is 1.17. The smallest absolute Gasteiger partial charge is 0.302 e. The molecule has 0 amide bonds. The van der Waals surface area contributed by atoms with E-state index in [4.69, 9.17) is 4.74 Å². The minimum absolute atomic E-state index is 0.133. The van der Waals surface area contributed by atoms with Crippen molar-refractivity contribution in [2.75, 3.05) is 7.05 Å². The fourth-order valence-corrected chi connectivity index (χ4v) is 2.74. The Bertz CT molecular complexity index is 217. The first-order valence-corrected chi connectivity index (χ1v) is 5.07. The molecule has 3 atom stereocenters. The Balaban J connectivity index is 2.03. The van der Waals surface area contributed by atoms with Gasteiger partial charge in [0.15, 0.2) is 0 Å². The summed E-state index contributed by atoms with van der Waals surface area (Å²) in [5.41, 5.74) is 0. The third kappa shape index (κ3) is 1.57. The SMILES string of the molecule is CC(=O)O[C@H]1C[C@@H]2CCC[C@H]1N2C. The van der Waals surface area contributed by atoms with Gasteiger partial charge in [0, 0.05) is 25.4 Å². The van der Waals surface area contributed by atoms with Crippen molar-refractivity contribution in [3.63, 3.8) is 0 Å². The van der Waals surface area contributed by atoms with Gasteiger partial charge in [0.1, 0.15) is 6.10 Å². The molecule has 74 valence electrons. The quantitative estimate of drug-likeness (QED) is 0.572. The molecule has 0 radical (unpaired) electrons. The van der Waals surface area contributed by atoms with Crippen LogP contribution in [0.25, 0.3) is 0 Å². The van der Waals surface area contributed by atoms with Crippen LogP contribution in [-0.2, 0) is 9.53 Å². The van der Waals surface area contributed by atoms with E-state index < -0.39 is 0 Å². The molecule has 2 aliphatic rings. The largest absolute Gasteiger partial charge is 0.461 e. The fourth-order valence-electron chi connectivity index (χ4n) is 2.74. The van der Waals surface area contributed by atoms with Gasteiger partial charge < -0.3 is 4.74 Å². The van der Waals surface area contributed by atoms with E-state index >= 15 is 0 Å². The van der Waals surface area contributed by atoms with Crippen molar-refractivity contribution >= 4 is 5.97 Å². The summed E-state index contributed by atoms with van der Waals surface area (Å²) in [5.74, 6) is -0.133. The Morgan fingerprint density at radius 3 is 2.85 bits per heavy atom. The first kappa shape index (κ1) is 9.00. The first-order chi connectivity index (χ1) is 6.18. The monoisotopic (exact) mass is 183 g/mol. The van der Waals surface area contributed by atoms with Gasteiger partial charge >= 0.3 is 5.97 Å². The number of hydrogen-bond donors (Lipinski definition) is 0. The summed E-state index contributed by atoms with van der Waals surface area (Å²) in [7, 11) is 2.15. The second kappa shape index (κ2) is 3.29. The Hall–Kier alpha value is -0.570. The summed E-state index contributed by atoms with van der Waals surface area (Å²) in [4.78, 5) is 13.2. The third-order valence-electron chi connectivity index (χ3n) is 3.39. The van der Waals surface area contributed by atoms with E-state index in [1.165, 1.54) is 26.2 Å².